The summed E-state index contributed by atoms with van der Waals surface area (Å²) in [7, 11) is 0. The Hall–Kier alpha value is -1.06. The van der Waals surface area contributed by atoms with Crippen molar-refractivity contribution in [2.75, 3.05) is 0 Å². The molecular formula is C2H2N2O2. The van der Waals surface area contributed by atoms with Gasteiger partial charge in [0.05, 0.1) is 0 Å². The van der Waals surface area contributed by atoms with Crippen molar-refractivity contribution in [3.63, 3.8) is 0 Å². The van der Waals surface area contributed by atoms with Crippen molar-refractivity contribution < 1.29 is 9.37 Å². The predicted octanol–water partition coefficient (Wildman–Crippen LogP) is -0.692. The van der Waals surface area contributed by atoms with Gasteiger partial charge in [0.2, 0.25) is 5.27 Å². The van der Waals surface area contributed by atoms with E-state index in [0.29, 0.717) is 4.85 Å². The molecule has 1 aromatic heterocycles. The standard InChI is InChI=1S/C2H2N2O2/c5-4-1-2-6-3-4/h1-2H. The summed E-state index contributed by atoms with van der Waals surface area (Å²) in [5.41, 5.74) is 0. The highest BCUT2D eigenvalue weighted by molar-refractivity contribution is 4.41. The Morgan fingerprint density at radius 1 is 1.83 bits per heavy atom. The van der Waals surface area contributed by atoms with Crippen molar-refractivity contribution in [1.82, 2.24) is 5.27 Å². The van der Waals surface area contributed by atoms with Crippen LogP contribution in [0.15, 0.2) is 17.0 Å². The Balaban J connectivity index is 3.05. The molecule has 0 aliphatic rings. The van der Waals surface area contributed by atoms with Crippen molar-refractivity contribution in [3.8, 4) is 0 Å². The predicted molar refractivity (Wildman–Crippen MR) is 15.5 cm³/mol. The zero-order valence-electron chi connectivity index (χ0n) is 2.87. The van der Waals surface area contributed by atoms with Crippen molar-refractivity contribution in [2.24, 2.45) is 0 Å². The fourth-order valence-corrected chi connectivity index (χ4v) is 0.180. The van der Waals surface area contributed by atoms with E-state index in [2.05, 4.69) is 9.79 Å². The minimum atomic E-state index is 0.333. The first kappa shape index (κ1) is 3.14. The van der Waals surface area contributed by atoms with Crippen LogP contribution in [0.2, 0.25) is 0 Å². The summed E-state index contributed by atoms with van der Waals surface area (Å²) in [5, 5.41) is 12.7. The summed E-state index contributed by atoms with van der Waals surface area (Å²) >= 11 is 0. The smallest absolute Gasteiger partial charge is 0.251 e. The zero-order chi connectivity index (χ0) is 4.41. The van der Waals surface area contributed by atoms with Gasteiger partial charge in [-0.25, -0.2) is 0 Å². The Bertz CT molecular complexity index is 113. The molecule has 0 radical (unpaired) electrons. The van der Waals surface area contributed by atoms with E-state index < -0.39 is 0 Å². The van der Waals surface area contributed by atoms with Gasteiger partial charge < -0.3 is 9.73 Å². The van der Waals surface area contributed by atoms with Crippen LogP contribution >= 0.6 is 0 Å². The molecule has 0 aromatic carbocycles. The molecule has 0 fully saturated rings. The van der Waals surface area contributed by atoms with Gasteiger partial charge in [0.1, 0.15) is 0 Å². The molecule has 0 saturated heterocycles. The highest BCUT2D eigenvalue weighted by Crippen LogP contribution is 1.62. The first-order chi connectivity index (χ1) is 2.89. The Labute approximate surface area is 33.5 Å². The van der Waals surface area contributed by atoms with Crippen LogP contribution in [0, 0.1) is 5.21 Å². The van der Waals surface area contributed by atoms with Gasteiger partial charge in [0.15, 0.2) is 6.26 Å². The van der Waals surface area contributed by atoms with E-state index in [-0.39, 0.29) is 0 Å². The third-order valence-corrected chi connectivity index (χ3v) is 0.377. The van der Waals surface area contributed by atoms with Crippen molar-refractivity contribution in [1.29, 1.82) is 0 Å². The van der Waals surface area contributed by atoms with Crippen LogP contribution in [0.25, 0.3) is 0 Å². The number of aromatic nitrogens is 2. The molecule has 0 amide bonds. The highest BCUT2D eigenvalue weighted by atomic mass is 16.6. The quantitative estimate of drug-likeness (QED) is 0.310. The average molecular weight is 86.1 g/mol. The summed E-state index contributed by atoms with van der Waals surface area (Å²) < 4.78 is 4.11. The second-order valence-electron chi connectivity index (χ2n) is 0.775. The third-order valence-electron chi connectivity index (χ3n) is 0.377. The van der Waals surface area contributed by atoms with Gasteiger partial charge in [-0.15, -0.1) is 0 Å². The maximum Gasteiger partial charge on any atom is 0.251 e. The molecular weight excluding hydrogens is 84.0 g/mol. The molecule has 0 atom stereocenters. The molecule has 0 aliphatic heterocycles. The first-order valence-corrected chi connectivity index (χ1v) is 1.39. The molecule has 1 aromatic rings. The van der Waals surface area contributed by atoms with Gasteiger partial charge in [0.25, 0.3) is 6.20 Å². The van der Waals surface area contributed by atoms with E-state index in [4.69, 9.17) is 0 Å². The lowest BCUT2D eigenvalue weighted by Gasteiger charge is -1.71. The van der Waals surface area contributed by atoms with Gasteiger partial charge in [0, 0.05) is 0 Å². The average Bonchev–Trinajstić information content (AvgIpc) is 1.86. The number of hydrogen-bond acceptors (Lipinski definition) is 3. The van der Waals surface area contributed by atoms with Crippen LogP contribution in [0.1, 0.15) is 0 Å². The third kappa shape index (κ3) is 0.314. The molecule has 0 unspecified atom stereocenters. The van der Waals surface area contributed by atoms with Crippen LogP contribution in [-0.4, -0.2) is 5.27 Å². The normalized spacial score (nSPS) is 8.67. The van der Waals surface area contributed by atoms with Crippen molar-refractivity contribution >= 4 is 0 Å². The fraction of sp³-hybridized carbons (Fsp3) is 0. The summed E-state index contributed by atoms with van der Waals surface area (Å²) in [6.45, 7) is 0. The zero-order valence-corrected chi connectivity index (χ0v) is 2.87. The van der Waals surface area contributed by atoms with Crippen LogP contribution in [0.4, 0.5) is 0 Å². The first-order valence-electron chi connectivity index (χ1n) is 1.39. The molecule has 1 heterocycles. The van der Waals surface area contributed by atoms with E-state index in [9.17, 15) is 5.21 Å². The molecule has 1 rings (SSSR count). The minimum Gasteiger partial charge on any atom is -0.592 e. The summed E-state index contributed by atoms with van der Waals surface area (Å²) in [6.07, 6.45) is 2.37. The van der Waals surface area contributed by atoms with Crippen LogP contribution < -0.4 is 4.85 Å². The number of hydrogen-bond donors (Lipinski definition) is 0. The van der Waals surface area contributed by atoms with Gasteiger partial charge >= 0.3 is 0 Å². The second kappa shape index (κ2) is 0.965. The van der Waals surface area contributed by atoms with Gasteiger partial charge in [-0.1, -0.05) is 0 Å². The SMILES string of the molecule is [O-][n+]1ccon1. The Kier molecular flexibility index (Phi) is 0.506. The minimum absolute atomic E-state index is 0.333. The second-order valence-corrected chi connectivity index (χ2v) is 0.775. The summed E-state index contributed by atoms with van der Waals surface area (Å²) in [5.74, 6) is 0. The molecule has 4 heteroatoms. The molecule has 6 heavy (non-hydrogen) atoms. The maximum atomic E-state index is 9.78. The molecule has 4 nitrogen and oxygen atoms in total. The Morgan fingerprint density at radius 2 is 2.67 bits per heavy atom. The lowest BCUT2D eigenvalue weighted by atomic mass is 11.0. The summed E-state index contributed by atoms with van der Waals surface area (Å²) in [6, 6.07) is 0. The maximum absolute atomic E-state index is 9.78. The van der Waals surface area contributed by atoms with Crippen molar-refractivity contribution in [3.05, 3.63) is 17.7 Å². The van der Waals surface area contributed by atoms with E-state index in [1.54, 1.807) is 0 Å². The molecule has 0 bridgehead atoms. The molecule has 0 spiro atoms. The van der Waals surface area contributed by atoms with E-state index in [1.807, 2.05) is 0 Å². The summed E-state index contributed by atoms with van der Waals surface area (Å²) in [4.78, 5) is 0.333. The van der Waals surface area contributed by atoms with Crippen LogP contribution in [0.3, 0.4) is 0 Å². The van der Waals surface area contributed by atoms with E-state index >= 15 is 0 Å². The van der Waals surface area contributed by atoms with E-state index in [0.717, 1.165) is 0 Å². The molecule has 0 aliphatic carbocycles. The Morgan fingerprint density at radius 3 is 2.83 bits per heavy atom. The lowest BCUT2D eigenvalue weighted by molar-refractivity contribution is -0.679. The van der Waals surface area contributed by atoms with Crippen LogP contribution in [-0.2, 0) is 0 Å². The van der Waals surface area contributed by atoms with Gasteiger partial charge in [-0.05, 0) is 4.85 Å². The largest absolute Gasteiger partial charge is 0.592 e. The molecule has 0 N–H and O–H groups in total. The van der Waals surface area contributed by atoms with Gasteiger partial charge in [-0.2, -0.15) is 0 Å². The van der Waals surface area contributed by atoms with Crippen LogP contribution in [0.5, 0.6) is 0 Å². The van der Waals surface area contributed by atoms with Gasteiger partial charge in [-0.3, -0.25) is 0 Å². The monoisotopic (exact) mass is 86.0 g/mol. The molecule has 0 saturated carbocycles. The van der Waals surface area contributed by atoms with E-state index in [1.165, 1.54) is 12.5 Å². The molecule has 32 valence electrons. The topological polar surface area (TPSA) is 53.0 Å². The number of rotatable bonds is 0. The lowest BCUT2D eigenvalue weighted by Crippen LogP contribution is -2.25. The highest BCUT2D eigenvalue weighted by Gasteiger charge is 1.82. The van der Waals surface area contributed by atoms with Crippen molar-refractivity contribution in [2.45, 2.75) is 0 Å². The number of nitrogens with zero attached hydrogens (tertiary/aromatic N) is 2. The fourth-order valence-electron chi connectivity index (χ4n) is 0.180.